The van der Waals surface area contributed by atoms with Crippen molar-refractivity contribution in [2.24, 2.45) is 0 Å². The predicted molar refractivity (Wildman–Crippen MR) is 60.7 cm³/mol. The van der Waals surface area contributed by atoms with Crippen LogP contribution in [0.1, 0.15) is 23.1 Å². The monoisotopic (exact) mass is 255 g/mol. The van der Waals surface area contributed by atoms with Gasteiger partial charge in [0.1, 0.15) is 17.3 Å². The largest absolute Gasteiger partial charge is 0.464 e. The van der Waals surface area contributed by atoms with Crippen molar-refractivity contribution in [3.8, 4) is 0 Å². The van der Waals surface area contributed by atoms with Crippen LogP contribution in [0.2, 0.25) is 0 Å². The molecule has 2 aromatic rings. The number of hydrogen-bond donors (Lipinski definition) is 1. The van der Waals surface area contributed by atoms with Gasteiger partial charge in [0.2, 0.25) is 0 Å². The average Bonchev–Trinajstić information content (AvgIpc) is 2.73. The molecule has 1 unspecified atom stereocenters. The summed E-state index contributed by atoms with van der Waals surface area (Å²) in [4.78, 5) is 0. The summed E-state index contributed by atoms with van der Waals surface area (Å²) in [6.07, 6.45) is 0. The van der Waals surface area contributed by atoms with Gasteiger partial charge in [-0.05, 0) is 32.2 Å². The van der Waals surface area contributed by atoms with E-state index in [4.69, 9.17) is 4.42 Å². The molecule has 18 heavy (non-hydrogen) atoms. The lowest BCUT2D eigenvalue weighted by molar-refractivity contribution is 0.429. The van der Waals surface area contributed by atoms with Gasteiger partial charge in [0.15, 0.2) is 11.6 Å². The molecule has 0 radical (unpaired) electrons. The maximum atomic E-state index is 13.7. The lowest BCUT2D eigenvalue weighted by atomic mass is 10.0. The lowest BCUT2D eigenvalue weighted by Gasteiger charge is -2.15. The summed E-state index contributed by atoms with van der Waals surface area (Å²) in [5.74, 6) is -2.01. The topological polar surface area (TPSA) is 25.2 Å². The summed E-state index contributed by atoms with van der Waals surface area (Å²) in [5.41, 5.74) is 0.00532. The molecular formula is C13H12F3NO. The number of halogens is 3. The second-order valence-corrected chi connectivity index (χ2v) is 3.96. The van der Waals surface area contributed by atoms with Crippen molar-refractivity contribution < 1.29 is 17.6 Å². The van der Waals surface area contributed by atoms with E-state index in [1.165, 1.54) is 0 Å². The maximum absolute atomic E-state index is 13.7. The Morgan fingerprint density at radius 1 is 1.06 bits per heavy atom. The molecule has 0 aliphatic heterocycles. The second-order valence-electron chi connectivity index (χ2n) is 3.96. The molecule has 0 bridgehead atoms. The number of nitrogens with one attached hydrogen (secondary N) is 1. The van der Waals surface area contributed by atoms with Crippen LogP contribution >= 0.6 is 0 Å². The van der Waals surface area contributed by atoms with Crippen LogP contribution < -0.4 is 5.32 Å². The number of rotatable bonds is 3. The molecule has 0 fully saturated rings. The molecule has 2 nitrogen and oxygen atoms in total. The van der Waals surface area contributed by atoms with E-state index in [1.807, 2.05) is 0 Å². The minimum absolute atomic E-state index is 0.00532. The van der Waals surface area contributed by atoms with Crippen molar-refractivity contribution in [3.05, 3.63) is 58.8 Å². The van der Waals surface area contributed by atoms with E-state index < -0.39 is 23.5 Å². The van der Waals surface area contributed by atoms with Gasteiger partial charge < -0.3 is 9.73 Å². The fourth-order valence-corrected chi connectivity index (χ4v) is 1.82. The molecule has 0 saturated heterocycles. The van der Waals surface area contributed by atoms with Crippen molar-refractivity contribution in [1.29, 1.82) is 0 Å². The Morgan fingerprint density at radius 3 is 2.28 bits per heavy atom. The fraction of sp³-hybridized carbons (Fsp3) is 0.231. The number of furan rings is 1. The Labute approximate surface area is 102 Å². The molecule has 1 aromatic carbocycles. The maximum Gasteiger partial charge on any atom is 0.161 e. The van der Waals surface area contributed by atoms with Gasteiger partial charge in [-0.3, -0.25) is 0 Å². The zero-order chi connectivity index (χ0) is 13.3. The molecule has 96 valence electrons. The van der Waals surface area contributed by atoms with Crippen LogP contribution in [-0.2, 0) is 0 Å². The zero-order valence-electron chi connectivity index (χ0n) is 9.93. The van der Waals surface area contributed by atoms with Gasteiger partial charge in [-0.15, -0.1) is 0 Å². The Morgan fingerprint density at radius 2 is 1.72 bits per heavy atom. The van der Waals surface area contributed by atoms with Crippen LogP contribution in [0.5, 0.6) is 0 Å². The third-order valence-electron chi connectivity index (χ3n) is 2.68. The molecule has 1 N–H and O–H groups in total. The quantitative estimate of drug-likeness (QED) is 0.851. The third kappa shape index (κ3) is 2.26. The molecule has 0 spiro atoms. The minimum Gasteiger partial charge on any atom is -0.464 e. The van der Waals surface area contributed by atoms with Crippen LogP contribution in [0.4, 0.5) is 13.2 Å². The summed E-state index contributed by atoms with van der Waals surface area (Å²) in [7, 11) is 1.59. The van der Waals surface area contributed by atoms with Crippen LogP contribution in [0.15, 0.2) is 28.7 Å². The Hall–Kier alpha value is -1.75. The van der Waals surface area contributed by atoms with E-state index >= 15 is 0 Å². The highest BCUT2D eigenvalue weighted by Crippen LogP contribution is 2.27. The van der Waals surface area contributed by atoms with E-state index in [1.54, 1.807) is 26.1 Å². The molecule has 5 heteroatoms. The molecule has 2 rings (SSSR count). The number of benzene rings is 1. The average molecular weight is 255 g/mol. The summed E-state index contributed by atoms with van der Waals surface area (Å²) in [5, 5.41) is 2.81. The highest BCUT2D eigenvalue weighted by Gasteiger charge is 2.21. The molecule has 0 aliphatic rings. The van der Waals surface area contributed by atoms with E-state index in [2.05, 4.69) is 5.32 Å². The highest BCUT2D eigenvalue weighted by atomic mass is 19.2. The van der Waals surface area contributed by atoms with Crippen LogP contribution in [0.25, 0.3) is 0 Å². The zero-order valence-corrected chi connectivity index (χ0v) is 9.93. The predicted octanol–water partition coefficient (Wildman–Crippen LogP) is 3.31. The van der Waals surface area contributed by atoms with Gasteiger partial charge in [0.25, 0.3) is 0 Å². The first-order valence-corrected chi connectivity index (χ1v) is 5.41. The molecule has 1 aromatic heterocycles. The molecule has 1 atom stereocenters. The first-order chi connectivity index (χ1) is 8.52. The van der Waals surface area contributed by atoms with Crippen molar-refractivity contribution >= 4 is 0 Å². The Kier molecular flexibility index (Phi) is 3.43. The lowest BCUT2D eigenvalue weighted by Crippen LogP contribution is -2.19. The van der Waals surface area contributed by atoms with Crippen molar-refractivity contribution in [2.45, 2.75) is 13.0 Å². The van der Waals surface area contributed by atoms with E-state index in [-0.39, 0.29) is 5.56 Å². The van der Waals surface area contributed by atoms with Gasteiger partial charge in [-0.25, -0.2) is 13.2 Å². The van der Waals surface area contributed by atoms with E-state index in [0.717, 1.165) is 6.07 Å². The SMILES string of the molecule is CNC(c1ccc(C)o1)c1cc(F)c(F)cc1F. The van der Waals surface area contributed by atoms with E-state index in [9.17, 15) is 13.2 Å². The van der Waals surface area contributed by atoms with E-state index in [0.29, 0.717) is 17.6 Å². The van der Waals surface area contributed by atoms with Crippen molar-refractivity contribution in [3.63, 3.8) is 0 Å². The fourth-order valence-electron chi connectivity index (χ4n) is 1.82. The molecule has 0 aliphatic carbocycles. The number of hydrogen-bond acceptors (Lipinski definition) is 2. The Balaban J connectivity index is 2.48. The molecular weight excluding hydrogens is 243 g/mol. The Bertz CT molecular complexity index is 565. The second kappa shape index (κ2) is 4.86. The first-order valence-electron chi connectivity index (χ1n) is 5.41. The van der Waals surface area contributed by atoms with Gasteiger partial charge >= 0.3 is 0 Å². The smallest absolute Gasteiger partial charge is 0.161 e. The van der Waals surface area contributed by atoms with Gasteiger partial charge in [0, 0.05) is 11.6 Å². The molecule has 1 heterocycles. The van der Waals surface area contributed by atoms with Crippen molar-refractivity contribution in [1.82, 2.24) is 5.32 Å². The first kappa shape index (κ1) is 12.7. The molecule has 0 amide bonds. The van der Waals surface area contributed by atoms with Gasteiger partial charge in [-0.2, -0.15) is 0 Å². The van der Waals surface area contributed by atoms with Crippen molar-refractivity contribution in [2.75, 3.05) is 7.05 Å². The molecule has 0 saturated carbocycles. The highest BCUT2D eigenvalue weighted by molar-refractivity contribution is 5.29. The van der Waals surface area contributed by atoms with Crippen LogP contribution in [0, 0.1) is 24.4 Å². The summed E-state index contributed by atoms with van der Waals surface area (Å²) < 4.78 is 45.1. The third-order valence-corrected chi connectivity index (χ3v) is 2.68. The summed E-state index contributed by atoms with van der Waals surface area (Å²) >= 11 is 0. The van der Waals surface area contributed by atoms with Gasteiger partial charge in [-0.1, -0.05) is 0 Å². The summed E-state index contributed by atoms with van der Waals surface area (Å²) in [6.45, 7) is 1.75. The van der Waals surface area contributed by atoms with Gasteiger partial charge in [0.05, 0.1) is 6.04 Å². The minimum atomic E-state index is -1.21. The number of aryl methyl sites for hydroxylation is 1. The van der Waals surface area contributed by atoms with Crippen LogP contribution in [-0.4, -0.2) is 7.05 Å². The normalized spacial score (nSPS) is 12.7. The van der Waals surface area contributed by atoms with Crippen LogP contribution in [0.3, 0.4) is 0 Å². The standard InChI is InChI=1S/C13H12F3NO/c1-7-3-4-12(18-7)13(17-2)8-5-10(15)11(16)6-9(8)14/h3-6,13,17H,1-2H3. The summed E-state index contributed by atoms with van der Waals surface area (Å²) in [6, 6.07) is 4.09.